The van der Waals surface area contributed by atoms with Crippen molar-refractivity contribution in [1.29, 1.82) is 0 Å². The van der Waals surface area contributed by atoms with Gasteiger partial charge in [0, 0.05) is 20.2 Å². The third kappa shape index (κ3) is 2.54. The number of hydrogen-bond acceptors (Lipinski definition) is 4. The first-order valence-electron chi connectivity index (χ1n) is 4.19. The minimum absolute atomic E-state index is 0.00427. The number of aliphatic hydroxyl groups is 1. The van der Waals surface area contributed by atoms with E-state index in [-0.39, 0.29) is 6.61 Å². The monoisotopic (exact) mass is 235 g/mol. The molecule has 6 heteroatoms. The highest BCUT2D eigenvalue weighted by Crippen LogP contribution is 2.19. The Morgan fingerprint density at radius 2 is 2.29 bits per heavy atom. The largest absolute Gasteiger partial charge is 0.396 e. The maximum atomic E-state index is 11.8. The van der Waals surface area contributed by atoms with Gasteiger partial charge in [-0.2, -0.15) is 0 Å². The van der Waals surface area contributed by atoms with Gasteiger partial charge in [-0.05, 0) is 17.9 Å². The summed E-state index contributed by atoms with van der Waals surface area (Å²) in [6, 6.07) is 3.28. The Morgan fingerprint density at radius 3 is 2.79 bits per heavy atom. The van der Waals surface area contributed by atoms with Crippen molar-refractivity contribution in [2.45, 2.75) is 10.6 Å². The Kier molecular flexibility index (Phi) is 4.06. The molecule has 0 unspecified atom stereocenters. The van der Waals surface area contributed by atoms with Crippen molar-refractivity contribution in [2.24, 2.45) is 0 Å². The van der Waals surface area contributed by atoms with Crippen LogP contribution in [0.1, 0.15) is 6.42 Å². The lowest BCUT2D eigenvalue weighted by Gasteiger charge is -2.14. The Labute approximate surface area is 87.8 Å². The van der Waals surface area contributed by atoms with Crippen molar-refractivity contribution in [3.05, 3.63) is 17.5 Å². The van der Waals surface area contributed by atoms with Crippen molar-refractivity contribution in [3.8, 4) is 0 Å². The summed E-state index contributed by atoms with van der Waals surface area (Å²) >= 11 is 1.20. The predicted octanol–water partition coefficient (Wildman–Crippen LogP) is 0.751. The van der Waals surface area contributed by atoms with Crippen LogP contribution in [0.5, 0.6) is 0 Å². The molecule has 1 rings (SSSR count). The Bertz CT molecular complexity index is 358. The van der Waals surface area contributed by atoms with Crippen molar-refractivity contribution in [2.75, 3.05) is 20.2 Å². The van der Waals surface area contributed by atoms with Crippen LogP contribution in [0.2, 0.25) is 0 Å². The van der Waals surface area contributed by atoms with Gasteiger partial charge in [-0.3, -0.25) is 0 Å². The molecule has 0 saturated heterocycles. The molecule has 0 bridgehead atoms. The molecule has 1 aromatic heterocycles. The second kappa shape index (κ2) is 4.88. The third-order valence-electron chi connectivity index (χ3n) is 1.79. The second-order valence-corrected chi connectivity index (χ2v) is 6.06. The van der Waals surface area contributed by atoms with Gasteiger partial charge < -0.3 is 5.11 Å². The molecular formula is C8H13NO3S2. The summed E-state index contributed by atoms with van der Waals surface area (Å²) in [6.07, 6.45) is 0.459. The Hall–Kier alpha value is -0.430. The van der Waals surface area contributed by atoms with E-state index in [2.05, 4.69) is 0 Å². The van der Waals surface area contributed by atoms with E-state index < -0.39 is 10.0 Å². The van der Waals surface area contributed by atoms with Gasteiger partial charge in [-0.1, -0.05) is 6.07 Å². The zero-order valence-corrected chi connectivity index (χ0v) is 9.51. The van der Waals surface area contributed by atoms with Gasteiger partial charge in [0.1, 0.15) is 4.21 Å². The molecule has 0 aromatic carbocycles. The molecule has 0 aliphatic rings. The van der Waals surface area contributed by atoms with Gasteiger partial charge in [0.2, 0.25) is 0 Å². The topological polar surface area (TPSA) is 57.6 Å². The van der Waals surface area contributed by atoms with Crippen LogP contribution in [0.15, 0.2) is 21.7 Å². The molecule has 0 radical (unpaired) electrons. The zero-order valence-electron chi connectivity index (χ0n) is 7.88. The van der Waals surface area contributed by atoms with Crippen LogP contribution in [0, 0.1) is 0 Å². The molecule has 4 nitrogen and oxygen atoms in total. The molecule has 14 heavy (non-hydrogen) atoms. The molecule has 0 saturated carbocycles. The van der Waals surface area contributed by atoms with Crippen LogP contribution < -0.4 is 0 Å². The standard InChI is InChI=1S/C8H13NO3S2/c1-9(5-3-6-10)14(11,12)8-4-2-7-13-8/h2,4,7,10H,3,5-6H2,1H3. The van der Waals surface area contributed by atoms with Gasteiger partial charge in [-0.25, -0.2) is 12.7 Å². The number of rotatable bonds is 5. The lowest BCUT2D eigenvalue weighted by Crippen LogP contribution is -2.27. The lowest BCUT2D eigenvalue weighted by molar-refractivity contribution is 0.276. The maximum absolute atomic E-state index is 11.8. The highest BCUT2D eigenvalue weighted by atomic mass is 32.2. The van der Waals surface area contributed by atoms with Gasteiger partial charge in [0.25, 0.3) is 10.0 Å². The van der Waals surface area contributed by atoms with Crippen molar-refractivity contribution < 1.29 is 13.5 Å². The first-order chi connectivity index (χ1) is 6.59. The van der Waals surface area contributed by atoms with Crippen LogP contribution in [0.4, 0.5) is 0 Å². The normalized spacial score (nSPS) is 12.2. The van der Waals surface area contributed by atoms with Crippen molar-refractivity contribution >= 4 is 21.4 Å². The summed E-state index contributed by atoms with van der Waals surface area (Å²) in [5, 5.41) is 10.3. The maximum Gasteiger partial charge on any atom is 0.252 e. The molecular weight excluding hydrogens is 222 g/mol. The van der Waals surface area contributed by atoms with Gasteiger partial charge in [-0.15, -0.1) is 11.3 Å². The molecule has 0 atom stereocenters. The fourth-order valence-electron chi connectivity index (χ4n) is 0.977. The van der Waals surface area contributed by atoms with E-state index in [1.54, 1.807) is 17.5 Å². The van der Waals surface area contributed by atoms with Crippen molar-refractivity contribution in [3.63, 3.8) is 0 Å². The fourth-order valence-corrected chi connectivity index (χ4v) is 3.39. The smallest absolute Gasteiger partial charge is 0.252 e. The van der Waals surface area contributed by atoms with E-state index in [0.717, 1.165) is 0 Å². The number of sulfonamides is 1. The molecule has 0 spiro atoms. The Balaban J connectivity index is 2.76. The number of hydrogen-bond donors (Lipinski definition) is 1. The van der Waals surface area contributed by atoms with Crippen LogP contribution in [0.25, 0.3) is 0 Å². The summed E-state index contributed by atoms with van der Waals surface area (Å²) in [5.74, 6) is 0. The third-order valence-corrected chi connectivity index (χ3v) is 5.02. The first-order valence-corrected chi connectivity index (χ1v) is 6.51. The summed E-state index contributed by atoms with van der Waals surface area (Å²) < 4.78 is 25.1. The highest BCUT2D eigenvalue weighted by Gasteiger charge is 2.20. The van der Waals surface area contributed by atoms with Crippen LogP contribution in [-0.4, -0.2) is 38.0 Å². The minimum Gasteiger partial charge on any atom is -0.396 e. The van der Waals surface area contributed by atoms with E-state index in [1.807, 2.05) is 0 Å². The molecule has 0 amide bonds. The highest BCUT2D eigenvalue weighted by molar-refractivity contribution is 7.91. The molecule has 1 N–H and O–H groups in total. The second-order valence-electron chi connectivity index (χ2n) is 2.84. The average Bonchev–Trinajstić information content (AvgIpc) is 2.67. The molecule has 80 valence electrons. The van der Waals surface area contributed by atoms with E-state index >= 15 is 0 Å². The number of aliphatic hydroxyl groups excluding tert-OH is 1. The summed E-state index contributed by atoms with van der Waals surface area (Å²) in [7, 11) is -1.81. The molecule has 0 aliphatic carbocycles. The van der Waals surface area contributed by atoms with Crippen molar-refractivity contribution in [1.82, 2.24) is 4.31 Å². The van der Waals surface area contributed by atoms with E-state index in [0.29, 0.717) is 17.2 Å². The quantitative estimate of drug-likeness (QED) is 0.819. The van der Waals surface area contributed by atoms with Crippen LogP contribution >= 0.6 is 11.3 Å². The molecule has 0 aliphatic heterocycles. The number of nitrogens with zero attached hydrogens (tertiary/aromatic N) is 1. The van der Waals surface area contributed by atoms with Gasteiger partial charge in [0.15, 0.2) is 0 Å². The predicted molar refractivity (Wildman–Crippen MR) is 55.8 cm³/mol. The molecule has 1 heterocycles. The minimum atomic E-state index is -3.33. The lowest BCUT2D eigenvalue weighted by atomic mass is 10.5. The van der Waals surface area contributed by atoms with Crippen LogP contribution in [-0.2, 0) is 10.0 Å². The van der Waals surface area contributed by atoms with Gasteiger partial charge in [0.05, 0.1) is 0 Å². The van der Waals surface area contributed by atoms with E-state index in [9.17, 15) is 8.42 Å². The fraction of sp³-hybridized carbons (Fsp3) is 0.500. The molecule has 1 aromatic rings. The van der Waals surface area contributed by atoms with E-state index in [1.165, 1.54) is 22.7 Å². The van der Waals surface area contributed by atoms with E-state index in [4.69, 9.17) is 5.11 Å². The van der Waals surface area contributed by atoms with Crippen LogP contribution in [0.3, 0.4) is 0 Å². The zero-order chi connectivity index (χ0) is 10.6. The first kappa shape index (κ1) is 11.6. The SMILES string of the molecule is CN(CCCO)S(=O)(=O)c1cccs1. The Morgan fingerprint density at radius 1 is 1.57 bits per heavy atom. The van der Waals surface area contributed by atoms with Gasteiger partial charge >= 0.3 is 0 Å². The number of thiophene rings is 1. The summed E-state index contributed by atoms with van der Waals surface area (Å²) in [4.78, 5) is 0. The summed E-state index contributed by atoms with van der Waals surface area (Å²) in [5.41, 5.74) is 0. The summed E-state index contributed by atoms with van der Waals surface area (Å²) in [6.45, 7) is 0.348. The molecule has 0 fully saturated rings. The average molecular weight is 235 g/mol.